The Bertz CT molecular complexity index is 1090. The molecule has 0 amide bonds. The zero-order valence-electron chi connectivity index (χ0n) is 50.0. The molecule has 0 saturated heterocycles. The van der Waals surface area contributed by atoms with Crippen LogP contribution in [0.5, 0.6) is 0 Å². The van der Waals surface area contributed by atoms with Crippen molar-refractivity contribution < 1.29 is 28.6 Å². The Kier molecular flexibility index (Phi) is 61.6. The third-order valence-electron chi connectivity index (χ3n) is 15.6. The van der Waals surface area contributed by atoms with Crippen molar-refractivity contribution in [2.75, 3.05) is 13.2 Å². The molecular formula is C67H130O6. The Morgan fingerprint density at radius 1 is 0.219 bits per heavy atom. The minimum absolute atomic E-state index is 0.0606. The SMILES string of the molecule is CCCCCCCCCCCCCCCCCCCCCCCCC(=O)OCC(COC(=O)CCCCCCCCCCCCC)OC(=O)CCCCCCCCCCCCCCCCCCCCCCCC. The lowest BCUT2D eigenvalue weighted by Gasteiger charge is -2.18. The van der Waals surface area contributed by atoms with Crippen molar-refractivity contribution in [3.05, 3.63) is 0 Å². The van der Waals surface area contributed by atoms with E-state index >= 15 is 0 Å². The normalized spacial score (nSPS) is 11.9. The van der Waals surface area contributed by atoms with Crippen molar-refractivity contribution in [2.24, 2.45) is 0 Å². The minimum Gasteiger partial charge on any atom is -0.462 e. The van der Waals surface area contributed by atoms with E-state index < -0.39 is 6.10 Å². The molecular weight excluding hydrogens is 901 g/mol. The highest BCUT2D eigenvalue weighted by molar-refractivity contribution is 5.71. The predicted octanol–water partition coefficient (Wildman–Crippen LogP) is 22.7. The summed E-state index contributed by atoms with van der Waals surface area (Å²) in [5, 5.41) is 0. The molecule has 434 valence electrons. The first kappa shape index (κ1) is 71.4. The molecule has 0 fully saturated rings. The van der Waals surface area contributed by atoms with E-state index in [1.54, 1.807) is 0 Å². The van der Waals surface area contributed by atoms with Gasteiger partial charge >= 0.3 is 17.9 Å². The van der Waals surface area contributed by atoms with E-state index in [-0.39, 0.29) is 31.1 Å². The van der Waals surface area contributed by atoms with Gasteiger partial charge in [-0.2, -0.15) is 0 Å². The third kappa shape index (κ3) is 61.1. The molecule has 0 aromatic rings. The molecule has 0 rings (SSSR count). The summed E-state index contributed by atoms with van der Waals surface area (Å²) in [5.41, 5.74) is 0. The van der Waals surface area contributed by atoms with Crippen molar-refractivity contribution in [1.82, 2.24) is 0 Å². The lowest BCUT2D eigenvalue weighted by molar-refractivity contribution is -0.167. The number of hydrogen-bond acceptors (Lipinski definition) is 6. The van der Waals surface area contributed by atoms with E-state index in [0.717, 1.165) is 57.8 Å². The van der Waals surface area contributed by atoms with Crippen LogP contribution >= 0.6 is 0 Å². The van der Waals surface area contributed by atoms with Gasteiger partial charge < -0.3 is 14.2 Å². The molecule has 0 aliphatic heterocycles. The first-order valence-electron chi connectivity index (χ1n) is 33.5. The number of esters is 3. The molecule has 0 saturated carbocycles. The molecule has 0 heterocycles. The van der Waals surface area contributed by atoms with Crippen LogP contribution in [0.2, 0.25) is 0 Å². The van der Waals surface area contributed by atoms with Gasteiger partial charge in [-0.3, -0.25) is 14.4 Å². The van der Waals surface area contributed by atoms with Gasteiger partial charge in [-0.05, 0) is 19.3 Å². The lowest BCUT2D eigenvalue weighted by atomic mass is 10.0. The van der Waals surface area contributed by atoms with Gasteiger partial charge in [-0.1, -0.05) is 355 Å². The second-order valence-corrected chi connectivity index (χ2v) is 23.1. The van der Waals surface area contributed by atoms with E-state index in [9.17, 15) is 14.4 Å². The van der Waals surface area contributed by atoms with Gasteiger partial charge in [0.2, 0.25) is 0 Å². The van der Waals surface area contributed by atoms with Crippen molar-refractivity contribution in [3.8, 4) is 0 Å². The highest BCUT2D eigenvalue weighted by Gasteiger charge is 2.19. The summed E-state index contributed by atoms with van der Waals surface area (Å²) in [6.07, 6.45) is 72.7. The van der Waals surface area contributed by atoms with Crippen LogP contribution in [0.4, 0.5) is 0 Å². The quantitative estimate of drug-likeness (QED) is 0.0343. The molecule has 0 aromatic heterocycles. The first-order chi connectivity index (χ1) is 36.0. The Morgan fingerprint density at radius 3 is 0.548 bits per heavy atom. The molecule has 0 aliphatic rings. The van der Waals surface area contributed by atoms with Crippen LogP contribution in [-0.2, 0) is 28.6 Å². The summed E-state index contributed by atoms with van der Waals surface area (Å²) in [6, 6.07) is 0. The van der Waals surface area contributed by atoms with E-state index in [0.29, 0.717) is 19.3 Å². The molecule has 0 aliphatic carbocycles. The molecule has 0 bridgehead atoms. The molecule has 1 unspecified atom stereocenters. The maximum Gasteiger partial charge on any atom is 0.306 e. The second-order valence-electron chi connectivity index (χ2n) is 23.1. The second kappa shape index (κ2) is 62.9. The number of rotatable bonds is 63. The maximum absolute atomic E-state index is 12.9. The number of unbranched alkanes of at least 4 members (excludes halogenated alkanes) is 52. The van der Waals surface area contributed by atoms with Crippen LogP contribution in [0.25, 0.3) is 0 Å². The standard InChI is InChI=1S/C67H130O6/c1-4-7-10-13-16-19-22-24-26-28-30-32-34-36-38-40-42-45-48-51-54-57-60-66(69)72-63-64(62-71-65(68)59-56-53-50-47-44-21-18-15-12-9-6-3)73-67(70)61-58-55-52-49-46-43-41-39-37-35-33-31-29-27-25-23-20-17-14-11-8-5-2/h64H,4-63H2,1-3H3. The topological polar surface area (TPSA) is 78.9 Å². The Morgan fingerprint density at radius 2 is 0.370 bits per heavy atom. The van der Waals surface area contributed by atoms with Crippen LogP contribution in [0, 0.1) is 0 Å². The zero-order valence-corrected chi connectivity index (χ0v) is 50.0. The molecule has 1 atom stereocenters. The average molecular weight is 1030 g/mol. The van der Waals surface area contributed by atoms with E-state index in [1.807, 2.05) is 0 Å². The number of carbonyl (C=O) groups is 3. The van der Waals surface area contributed by atoms with Gasteiger partial charge in [-0.25, -0.2) is 0 Å². The van der Waals surface area contributed by atoms with E-state index in [1.165, 1.54) is 295 Å². The Balaban J connectivity index is 4.17. The van der Waals surface area contributed by atoms with E-state index in [4.69, 9.17) is 14.2 Å². The fraction of sp³-hybridized carbons (Fsp3) is 0.955. The monoisotopic (exact) mass is 1030 g/mol. The van der Waals surface area contributed by atoms with Crippen LogP contribution in [0.1, 0.15) is 393 Å². The van der Waals surface area contributed by atoms with Gasteiger partial charge in [0.15, 0.2) is 6.10 Å². The molecule has 6 nitrogen and oxygen atoms in total. The number of carbonyl (C=O) groups excluding carboxylic acids is 3. The number of ether oxygens (including phenoxy) is 3. The van der Waals surface area contributed by atoms with Gasteiger partial charge in [0.1, 0.15) is 13.2 Å². The first-order valence-corrected chi connectivity index (χ1v) is 33.5. The van der Waals surface area contributed by atoms with Gasteiger partial charge in [-0.15, -0.1) is 0 Å². The van der Waals surface area contributed by atoms with Crippen LogP contribution in [0.15, 0.2) is 0 Å². The summed E-state index contributed by atoms with van der Waals surface area (Å²) in [4.78, 5) is 38.3. The fourth-order valence-corrected chi connectivity index (χ4v) is 10.6. The molecule has 73 heavy (non-hydrogen) atoms. The average Bonchev–Trinajstić information content (AvgIpc) is 3.39. The van der Waals surface area contributed by atoms with Gasteiger partial charge in [0, 0.05) is 19.3 Å². The van der Waals surface area contributed by atoms with Gasteiger partial charge in [0.25, 0.3) is 0 Å². The number of hydrogen-bond donors (Lipinski definition) is 0. The highest BCUT2D eigenvalue weighted by atomic mass is 16.6. The molecule has 6 heteroatoms. The summed E-state index contributed by atoms with van der Waals surface area (Å²) < 4.78 is 17.0. The maximum atomic E-state index is 12.9. The zero-order chi connectivity index (χ0) is 52.9. The summed E-state index contributed by atoms with van der Waals surface area (Å²) >= 11 is 0. The Hall–Kier alpha value is -1.59. The third-order valence-corrected chi connectivity index (χ3v) is 15.6. The minimum atomic E-state index is -0.762. The van der Waals surface area contributed by atoms with Crippen LogP contribution < -0.4 is 0 Å². The van der Waals surface area contributed by atoms with Crippen LogP contribution in [0.3, 0.4) is 0 Å². The largest absolute Gasteiger partial charge is 0.462 e. The smallest absolute Gasteiger partial charge is 0.306 e. The molecule has 0 N–H and O–H groups in total. The van der Waals surface area contributed by atoms with Crippen molar-refractivity contribution in [2.45, 2.75) is 399 Å². The Labute approximate surface area is 457 Å². The molecule has 0 radical (unpaired) electrons. The van der Waals surface area contributed by atoms with Crippen LogP contribution in [-0.4, -0.2) is 37.2 Å². The predicted molar refractivity (Wildman–Crippen MR) is 317 cm³/mol. The summed E-state index contributed by atoms with van der Waals surface area (Å²) in [7, 11) is 0. The van der Waals surface area contributed by atoms with Crippen molar-refractivity contribution in [1.29, 1.82) is 0 Å². The van der Waals surface area contributed by atoms with E-state index in [2.05, 4.69) is 20.8 Å². The van der Waals surface area contributed by atoms with Crippen molar-refractivity contribution >= 4 is 17.9 Å². The van der Waals surface area contributed by atoms with Crippen molar-refractivity contribution in [3.63, 3.8) is 0 Å². The van der Waals surface area contributed by atoms with Gasteiger partial charge in [0.05, 0.1) is 0 Å². The lowest BCUT2D eigenvalue weighted by Crippen LogP contribution is -2.30. The highest BCUT2D eigenvalue weighted by Crippen LogP contribution is 2.19. The molecule has 0 spiro atoms. The molecule has 0 aromatic carbocycles. The summed E-state index contributed by atoms with van der Waals surface area (Å²) in [5.74, 6) is -0.825. The summed E-state index contributed by atoms with van der Waals surface area (Å²) in [6.45, 7) is 6.73. The fourth-order valence-electron chi connectivity index (χ4n) is 10.6.